The van der Waals surface area contributed by atoms with Gasteiger partial charge in [-0.3, -0.25) is 9.59 Å². The average Bonchev–Trinajstić information content (AvgIpc) is 3.54. The summed E-state index contributed by atoms with van der Waals surface area (Å²) >= 11 is 0. The molecule has 1 heterocycles. The van der Waals surface area contributed by atoms with Crippen LogP contribution in [-0.2, 0) is 29.0 Å². The molecule has 2 atom stereocenters. The van der Waals surface area contributed by atoms with Gasteiger partial charge in [0.1, 0.15) is 5.75 Å². The van der Waals surface area contributed by atoms with Crippen molar-refractivity contribution in [1.29, 1.82) is 0 Å². The lowest BCUT2D eigenvalue weighted by Gasteiger charge is -2.29. The molecule has 5 nitrogen and oxygen atoms in total. The van der Waals surface area contributed by atoms with Crippen LogP contribution in [0.3, 0.4) is 0 Å². The predicted molar refractivity (Wildman–Crippen MR) is 107 cm³/mol. The van der Waals surface area contributed by atoms with Crippen LogP contribution in [-0.4, -0.2) is 36.9 Å². The highest BCUT2D eigenvalue weighted by Crippen LogP contribution is 2.41. The molecule has 1 N–H and O–H groups in total. The molecule has 1 saturated carbocycles. The highest BCUT2D eigenvalue weighted by molar-refractivity contribution is 5.92. The first kappa shape index (κ1) is 18.5. The molecule has 2 aromatic carbocycles. The van der Waals surface area contributed by atoms with Crippen LogP contribution < -0.4 is 10.1 Å². The van der Waals surface area contributed by atoms with Crippen molar-refractivity contribution in [3.63, 3.8) is 0 Å². The molecule has 0 saturated heterocycles. The van der Waals surface area contributed by atoms with Gasteiger partial charge in [-0.15, -0.1) is 0 Å². The van der Waals surface area contributed by atoms with Gasteiger partial charge >= 0.3 is 0 Å². The lowest BCUT2D eigenvalue weighted by Crippen LogP contribution is -2.38. The quantitative estimate of drug-likeness (QED) is 0.841. The lowest BCUT2D eigenvalue weighted by atomic mass is 9.99. The Labute approximate surface area is 165 Å². The van der Waals surface area contributed by atoms with Crippen molar-refractivity contribution in [3.8, 4) is 5.75 Å². The van der Waals surface area contributed by atoms with Crippen molar-refractivity contribution in [2.24, 2.45) is 11.8 Å². The fourth-order valence-electron chi connectivity index (χ4n) is 4.04. The number of para-hydroxylation sites is 1. The van der Waals surface area contributed by atoms with Crippen LogP contribution in [0.1, 0.15) is 23.1 Å². The van der Waals surface area contributed by atoms with E-state index in [1.54, 1.807) is 7.11 Å². The van der Waals surface area contributed by atoms with E-state index >= 15 is 0 Å². The van der Waals surface area contributed by atoms with E-state index in [2.05, 4.69) is 17.4 Å². The number of nitrogens with zero attached hydrogens (tertiary/aromatic N) is 1. The zero-order chi connectivity index (χ0) is 19.5. The molecule has 2 amide bonds. The Morgan fingerprint density at radius 2 is 1.82 bits per heavy atom. The number of ether oxygens (including phenoxy) is 1. The zero-order valence-electron chi connectivity index (χ0n) is 16.2. The normalized spacial score (nSPS) is 20.2. The fourth-order valence-corrected chi connectivity index (χ4v) is 4.04. The molecule has 28 heavy (non-hydrogen) atoms. The van der Waals surface area contributed by atoms with Gasteiger partial charge in [-0.1, -0.05) is 42.5 Å². The number of hydrogen-bond donors (Lipinski definition) is 1. The summed E-state index contributed by atoms with van der Waals surface area (Å²) < 4.78 is 5.34. The molecule has 2 aliphatic rings. The van der Waals surface area contributed by atoms with Crippen molar-refractivity contribution in [3.05, 3.63) is 65.2 Å². The summed E-state index contributed by atoms with van der Waals surface area (Å²) in [4.78, 5) is 27.1. The maximum Gasteiger partial charge on any atom is 0.226 e. The van der Waals surface area contributed by atoms with Crippen molar-refractivity contribution >= 4 is 11.8 Å². The van der Waals surface area contributed by atoms with Gasteiger partial charge in [0.05, 0.1) is 18.9 Å². The number of amides is 2. The van der Waals surface area contributed by atoms with E-state index in [1.165, 1.54) is 11.1 Å². The largest absolute Gasteiger partial charge is 0.496 e. The van der Waals surface area contributed by atoms with Crippen molar-refractivity contribution < 1.29 is 14.3 Å². The summed E-state index contributed by atoms with van der Waals surface area (Å²) in [5, 5.41) is 2.98. The Hall–Kier alpha value is -2.82. The van der Waals surface area contributed by atoms with Gasteiger partial charge in [-0.2, -0.15) is 0 Å². The van der Waals surface area contributed by atoms with E-state index < -0.39 is 0 Å². The molecule has 0 aromatic heterocycles. The third-order valence-corrected chi connectivity index (χ3v) is 5.77. The standard InChI is InChI=1S/C23H26N2O3/c1-28-21-9-5-4-7-17(21)10-12-24-22(26)19-14-20(19)23(27)25-13-11-16-6-2-3-8-18(16)15-25/h2-9,19-20H,10-15H2,1H3,(H,24,26). The minimum absolute atomic E-state index is 0.00865. The number of hydrogen-bond acceptors (Lipinski definition) is 3. The number of methoxy groups -OCH3 is 1. The maximum absolute atomic E-state index is 12.8. The van der Waals surface area contributed by atoms with Crippen LogP contribution in [0.15, 0.2) is 48.5 Å². The number of fused-ring (bicyclic) bond motifs is 1. The Kier molecular flexibility index (Phi) is 5.33. The Morgan fingerprint density at radius 1 is 1.07 bits per heavy atom. The Morgan fingerprint density at radius 3 is 2.64 bits per heavy atom. The van der Waals surface area contributed by atoms with E-state index in [-0.39, 0.29) is 23.7 Å². The number of rotatable bonds is 6. The van der Waals surface area contributed by atoms with Gasteiger partial charge in [-0.05, 0) is 42.0 Å². The molecule has 1 aliphatic carbocycles. The van der Waals surface area contributed by atoms with Crippen LogP contribution in [0.2, 0.25) is 0 Å². The molecular weight excluding hydrogens is 352 g/mol. The van der Waals surface area contributed by atoms with Crippen LogP contribution in [0.5, 0.6) is 5.75 Å². The van der Waals surface area contributed by atoms with Gasteiger partial charge in [0.25, 0.3) is 0 Å². The van der Waals surface area contributed by atoms with Crippen molar-refractivity contribution in [2.75, 3.05) is 20.2 Å². The zero-order valence-corrected chi connectivity index (χ0v) is 16.2. The van der Waals surface area contributed by atoms with E-state index in [1.807, 2.05) is 41.3 Å². The average molecular weight is 378 g/mol. The SMILES string of the molecule is COc1ccccc1CCNC(=O)C1CC1C(=O)N1CCc2ccccc2C1. The fraction of sp³-hybridized carbons (Fsp3) is 0.391. The molecule has 4 rings (SSSR count). The molecule has 146 valence electrons. The maximum atomic E-state index is 12.8. The van der Waals surface area contributed by atoms with E-state index in [0.717, 1.165) is 24.3 Å². The molecule has 2 unspecified atom stereocenters. The van der Waals surface area contributed by atoms with Crippen LogP contribution in [0.25, 0.3) is 0 Å². The van der Waals surface area contributed by atoms with Crippen LogP contribution in [0, 0.1) is 11.8 Å². The molecule has 0 bridgehead atoms. The summed E-state index contributed by atoms with van der Waals surface area (Å²) in [6.07, 6.45) is 2.27. The number of carbonyl (C=O) groups is 2. The van der Waals surface area contributed by atoms with Crippen molar-refractivity contribution in [2.45, 2.75) is 25.8 Å². The highest BCUT2D eigenvalue weighted by Gasteiger charge is 2.49. The van der Waals surface area contributed by atoms with Gasteiger partial charge < -0.3 is 15.0 Å². The second-order valence-corrected chi connectivity index (χ2v) is 7.58. The predicted octanol–water partition coefficient (Wildman–Crippen LogP) is 2.57. The van der Waals surface area contributed by atoms with E-state index in [4.69, 9.17) is 4.74 Å². The molecule has 5 heteroatoms. The van der Waals surface area contributed by atoms with Gasteiger partial charge in [0.15, 0.2) is 0 Å². The Balaban J connectivity index is 1.26. The molecule has 1 fully saturated rings. The molecule has 0 radical (unpaired) electrons. The first-order valence-corrected chi connectivity index (χ1v) is 9.92. The summed E-state index contributed by atoms with van der Waals surface area (Å²) in [6.45, 7) is 1.95. The minimum atomic E-state index is -0.178. The lowest BCUT2D eigenvalue weighted by molar-refractivity contribution is -0.135. The minimum Gasteiger partial charge on any atom is -0.496 e. The number of benzene rings is 2. The van der Waals surface area contributed by atoms with Crippen LogP contribution >= 0.6 is 0 Å². The highest BCUT2D eigenvalue weighted by atomic mass is 16.5. The summed E-state index contributed by atoms with van der Waals surface area (Å²) in [7, 11) is 1.65. The second kappa shape index (κ2) is 8.05. The summed E-state index contributed by atoms with van der Waals surface area (Å²) in [6, 6.07) is 16.1. The monoisotopic (exact) mass is 378 g/mol. The summed E-state index contributed by atoms with van der Waals surface area (Å²) in [5.41, 5.74) is 3.62. The third kappa shape index (κ3) is 3.88. The van der Waals surface area contributed by atoms with Gasteiger partial charge in [-0.25, -0.2) is 0 Å². The molecular formula is C23H26N2O3. The van der Waals surface area contributed by atoms with E-state index in [9.17, 15) is 9.59 Å². The smallest absolute Gasteiger partial charge is 0.226 e. The number of nitrogens with one attached hydrogen (secondary N) is 1. The molecule has 0 spiro atoms. The first-order chi connectivity index (χ1) is 13.7. The van der Waals surface area contributed by atoms with Gasteiger partial charge in [0, 0.05) is 19.6 Å². The van der Waals surface area contributed by atoms with E-state index in [0.29, 0.717) is 25.9 Å². The topological polar surface area (TPSA) is 58.6 Å². The molecule has 1 aliphatic heterocycles. The van der Waals surface area contributed by atoms with Crippen LogP contribution in [0.4, 0.5) is 0 Å². The second-order valence-electron chi connectivity index (χ2n) is 7.58. The van der Waals surface area contributed by atoms with Gasteiger partial charge in [0.2, 0.25) is 11.8 Å². The third-order valence-electron chi connectivity index (χ3n) is 5.77. The Bertz CT molecular complexity index is 880. The first-order valence-electron chi connectivity index (χ1n) is 9.92. The van der Waals surface area contributed by atoms with Crippen molar-refractivity contribution in [1.82, 2.24) is 10.2 Å². The summed E-state index contributed by atoms with van der Waals surface area (Å²) in [5.74, 6) is 0.616. The number of carbonyl (C=O) groups excluding carboxylic acids is 2. The molecule has 2 aromatic rings.